The summed E-state index contributed by atoms with van der Waals surface area (Å²) in [6.07, 6.45) is 3.75. The Labute approximate surface area is 104 Å². The summed E-state index contributed by atoms with van der Waals surface area (Å²) >= 11 is 0. The number of aromatic carboxylic acids is 1. The van der Waals surface area contributed by atoms with Crippen molar-refractivity contribution in [3.8, 4) is 0 Å². The topological polar surface area (TPSA) is 91.3 Å². The van der Waals surface area contributed by atoms with Gasteiger partial charge in [0.2, 0.25) is 5.91 Å². The van der Waals surface area contributed by atoms with Gasteiger partial charge >= 0.3 is 5.97 Å². The molecule has 96 valence electrons. The molecule has 3 N–H and O–H groups in total. The Morgan fingerprint density at radius 1 is 1.39 bits per heavy atom. The normalized spacial score (nSPS) is 14.2. The van der Waals surface area contributed by atoms with Crippen LogP contribution < -0.4 is 10.6 Å². The third-order valence-electron chi connectivity index (χ3n) is 2.66. The molecule has 1 amide bonds. The van der Waals surface area contributed by atoms with Gasteiger partial charge in [0, 0.05) is 18.8 Å². The molecule has 0 bridgehead atoms. The molecule has 1 fully saturated rings. The molecule has 6 nitrogen and oxygen atoms in total. The molecule has 18 heavy (non-hydrogen) atoms. The molecule has 1 heterocycles. The molecule has 1 aliphatic rings. The monoisotopic (exact) mass is 249 g/mol. The number of rotatable bonds is 6. The minimum absolute atomic E-state index is 0.000441. The van der Waals surface area contributed by atoms with Crippen LogP contribution in [0.2, 0.25) is 0 Å². The van der Waals surface area contributed by atoms with Crippen molar-refractivity contribution in [3.63, 3.8) is 0 Å². The Balaban J connectivity index is 1.74. The predicted molar refractivity (Wildman–Crippen MR) is 64.1 cm³/mol. The fourth-order valence-electron chi connectivity index (χ4n) is 1.44. The van der Waals surface area contributed by atoms with Crippen molar-refractivity contribution in [2.75, 3.05) is 6.54 Å². The number of carboxylic acid groups (broad SMARTS) is 1. The molecular weight excluding hydrogens is 234 g/mol. The first-order valence-electron chi connectivity index (χ1n) is 5.83. The summed E-state index contributed by atoms with van der Waals surface area (Å²) in [5, 5.41) is 14.5. The summed E-state index contributed by atoms with van der Waals surface area (Å²) in [5.41, 5.74) is 0.778. The summed E-state index contributed by atoms with van der Waals surface area (Å²) in [6.45, 7) is 0.684. The minimum atomic E-state index is -1.06. The number of hydrogen-bond donors (Lipinski definition) is 3. The Morgan fingerprint density at radius 3 is 2.72 bits per heavy atom. The fourth-order valence-corrected chi connectivity index (χ4v) is 1.44. The van der Waals surface area contributed by atoms with Crippen LogP contribution >= 0.6 is 0 Å². The molecule has 0 atom stereocenters. The van der Waals surface area contributed by atoms with E-state index in [1.807, 2.05) is 0 Å². The second-order valence-corrected chi connectivity index (χ2v) is 4.29. The van der Waals surface area contributed by atoms with Gasteiger partial charge in [0.1, 0.15) is 5.69 Å². The van der Waals surface area contributed by atoms with Gasteiger partial charge in [-0.3, -0.25) is 4.79 Å². The lowest BCUT2D eigenvalue weighted by atomic mass is 10.2. The first kappa shape index (κ1) is 12.5. The van der Waals surface area contributed by atoms with Crippen molar-refractivity contribution in [2.24, 2.45) is 0 Å². The average Bonchev–Trinajstić information content (AvgIpc) is 3.18. The Hall–Kier alpha value is -1.95. The molecular formula is C12H15N3O3. The van der Waals surface area contributed by atoms with E-state index in [9.17, 15) is 9.59 Å². The molecule has 0 unspecified atom stereocenters. The Morgan fingerprint density at radius 2 is 2.17 bits per heavy atom. The zero-order valence-electron chi connectivity index (χ0n) is 9.85. The van der Waals surface area contributed by atoms with Gasteiger partial charge in [0.25, 0.3) is 0 Å². The highest BCUT2D eigenvalue weighted by atomic mass is 16.4. The zero-order valence-corrected chi connectivity index (χ0v) is 9.85. The predicted octanol–water partition coefficient (Wildman–Crippen LogP) is 0.148. The number of nitrogens with zero attached hydrogens (tertiary/aromatic N) is 1. The first-order chi connectivity index (χ1) is 8.65. The Kier molecular flexibility index (Phi) is 3.88. The van der Waals surface area contributed by atoms with Gasteiger partial charge in [-0.15, -0.1) is 0 Å². The maximum Gasteiger partial charge on any atom is 0.354 e. The lowest BCUT2D eigenvalue weighted by molar-refractivity contribution is -0.120. The minimum Gasteiger partial charge on any atom is -0.477 e. The van der Waals surface area contributed by atoms with Gasteiger partial charge in [0.15, 0.2) is 0 Å². The smallest absolute Gasteiger partial charge is 0.354 e. The summed E-state index contributed by atoms with van der Waals surface area (Å²) in [7, 11) is 0. The standard InChI is InChI=1S/C12H15N3O3/c16-11(7-13-9-2-3-9)15-6-8-1-4-10(12(17)18)14-5-8/h1,4-5,9,13H,2-3,6-7H2,(H,15,16)(H,17,18). The van der Waals surface area contributed by atoms with E-state index in [1.165, 1.54) is 12.3 Å². The average molecular weight is 249 g/mol. The molecule has 0 saturated heterocycles. The molecule has 2 rings (SSSR count). The van der Waals surface area contributed by atoms with Crippen LogP contribution in [0.25, 0.3) is 0 Å². The quantitative estimate of drug-likeness (QED) is 0.667. The van der Waals surface area contributed by atoms with Gasteiger partial charge in [0.05, 0.1) is 6.54 Å². The maximum absolute atomic E-state index is 11.4. The molecule has 1 aromatic rings. The van der Waals surface area contributed by atoms with Crippen molar-refractivity contribution in [3.05, 3.63) is 29.6 Å². The van der Waals surface area contributed by atoms with Crippen LogP contribution in [0.15, 0.2) is 18.3 Å². The molecule has 1 aliphatic carbocycles. The Bertz CT molecular complexity index is 440. The van der Waals surface area contributed by atoms with Crippen molar-refractivity contribution in [2.45, 2.75) is 25.4 Å². The van der Waals surface area contributed by atoms with Crippen molar-refractivity contribution in [1.82, 2.24) is 15.6 Å². The molecule has 0 radical (unpaired) electrons. The first-order valence-corrected chi connectivity index (χ1v) is 5.83. The third kappa shape index (κ3) is 3.81. The molecule has 0 aromatic carbocycles. The number of amides is 1. The summed E-state index contributed by atoms with van der Waals surface area (Å²) in [5.74, 6) is -1.12. The van der Waals surface area contributed by atoms with Crippen LogP contribution in [-0.2, 0) is 11.3 Å². The van der Waals surface area contributed by atoms with Gasteiger partial charge in [-0.2, -0.15) is 0 Å². The number of carboxylic acids is 1. The SMILES string of the molecule is O=C(CNC1CC1)NCc1ccc(C(=O)O)nc1. The summed E-state index contributed by atoms with van der Waals surface area (Å²) in [4.78, 5) is 25.8. The van der Waals surface area contributed by atoms with E-state index in [4.69, 9.17) is 5.11 Å². The van der Waals surface area contributed by atoms with Gasteiger partial charge in [-0.25, -0.2) is 9.78 Å². The second kappa shape index (κ2) is 5.59. The van der Waals surface area contributed by atoms with Crippen LogP contribution in [0.4, 0.5) is 0 Å². The maximum atomic E-state index is 11.4. The summed E-state index contributed by atoms with van der Waals surface area (Å²) < 4.78 is 0. The van der Waals surface area contributed by atoms with Crippen LogP contribution in [0.1, 0.15) is 28.9 Å². The van der Waals surface area contributed by atoms with E-state index in [0.717, 1.165) is 18.4 Å². The lowest BCUT2D eigenvalue weighted by Gasteiger charge is -2.06. The largest absolute Gasteiger partial charge is 0.477 e. The van der Waals surface area contributed by atoms with E-state index in [1.54, 1.807) is 6.07 Å². The van der Waals surface area contributed by atoms with Gasteiger partial charge in [-0.1, -0.05) is 6.07 Å². The highest BCUT2D eigenvalue weighted by Gasteiger charge is 2.20. The van der Waals surface area contributed by atoms with E-state index < -0.39 is 5.97 Å². The number of pyridine rings is 1. The number of carbonyl (C=O) groups is 2. The zero-order chi connectivity index (χ0) is 13.0. The van der Waals surface area contributed by atoms with Gasteiger partial charge < -0.3 is 15.7 Å². The van der Waals surface area contributed by atoms with E-state index in [2.05, 4.69) is 15.6 Å². The third-order valence-corrected chi connectivity index (χ3v) is 2.66. The van der Waals surface area contributed by atoms with Crippen LogP contribution in [-0.4, -0.2) is 34.6 Å². The number of carbonyl (C=O) groups excluding carboxylic acids is 1. The van der Waals surface area contributed by atoms with E-state index in [-0.39, 0.29) is 11.6 Å². The highest BCUT2D eigenvalue weighted by Crippen LogP contribution is 2.17. The summed E-state index contributed by atoms with van der Waals surface area (Å²) in [6, 6.07) is 3.57. The van der Waals surface area contributed by atoms with Crippen LogP contribution in [0, 0.1) is 0 Å². The number of aromatic nitrogens is 1. The molecule has 0 spiro atoms. The van der Waals surface area contributed by atoms with Crippen molar-refractivity contribution < 1.29 is 14.7 Å². The molecule has 6 heteroatoms. The second-order valence-electron chi connectivity index (χ2n) is 4.29. The van der Waals surface area contributed by atoms with E-state index in [0.29, 0.717) is 19.1 Å². The van der Waals surface area contributed by atoms with Crippen LogP contribution in [0.5, 0.6) is 0 Å². The number of hydrogen-bond acceptors (Lipinski definition) is 4. The fraction of sp³-hybridized carbons (Fsp3) is 0.417. The van der Waals surface area contributed by atoms with E-state index >= 15 is 0 Å². The van der Waals surface area contributed by atoms with Gasteiger partial charge in [-0.05, 0) is 24.5 Å². The van der Waals surface area contributed by atoms with Crippen LogP contribution in [0.3, 0.4) is 0 Å². The van der Waals surface area contributed by atoms with Crippen molar-refractivity contribution in [1.29, 1.82) is 0 Å². The number of nitrogens with one attached hydrogen (secondary N) is 2. The lowest BCUT2D eigenvalue weighted by Crippen LogP contribution is -2.34. The molecule has 0 aliphatic heterocycles. The van der Waals surface area contributed by atoms with Crippen molar-refractivity contribution >= 4 is 11.9 Å². The molecule has 1 aromatic heterocycles. The highest BCUT2D eigenvalue weighted by molar-refractivity contribution is 5.85. The molecule has 1 saturated carbocycles.